The summed E-state index contributed by atoms with van der Waals surface area (Å²) in [4.78, 5) is 12.7. The Morgan fingerprint density at radius 1 is 0.818 bits per heavy atom. The summed E-state index contributed by atoms with van der Waals surface area (Å²) in [6.45, 7) is 0. The number of ketones is 1. The number of rotatable bonds is 1. The van der Waals surface area contributed by atoms with E-state index in [9.17, 15) is 4.79 Å². The van der Waals surface area contributed by atoms with Gasteiger partial charge in [-0.3, -0.25) is 0 Å². The zero-order valence-electron chi connectivity index (χ0n) is 12.0. The van der Waals surface area contributed by atoms with Crippen molar-refractivity contribution in [2.45, 2.75) is 0 Å². The van der Waals surface area contributed by atoms with Crippen molar-refractivity contribution in [2.24, 2.45) is 0 Å². The molecule has 2 aliphatic rings. The van der Waals surface area contributed by atoms with Gasteiger partial charge in [-0.2, -0.15) is 0 Å². The minimum atomic E-state index is -0.722. The molecule has 0 spiro atoms. The van der Waals surface area contributed by atoms with E-state index in [1.807, 2.05) is 48.5 Å². The molecule has 2 aromatic carbocycles. The minimum absolute atomic E-state index is 0.124. The summed E-state index contributed by atoms with van der Waals surface area (Å²) < 4.78 is 4.72. The Hall–Kier alpha value is -1.88. The van der Waals surface area contributed by atoms with Gasteiger partial charge in [0, 0.05) is 0 Å². The molecule has 0 radical (unpaired) electrons. The predicted octanol–water partition coefficient (Wildman–Crippen LogP) is 3.62. The van der Waals surface area contributed by atoms with Gasteiger partial charge in [-0.25, -0.2) is 0 Å². The number of benzene rings is 2. The van der Waals surface area contributed by atoms with Gasteiger partial charge in [0.1, 0.15) is 0 Å². The molecule has 0 saturated heterocycles. The molecule has 1 heterocycles. The molecule has 102 valence electrons. The molecule has 0 aromatic heterocycles. The Morgan fingerprint density at radius 2 is 1.41 bits per heavy atom. The first-order chi connectivity index (χ1) is 10.8. The topological polar surface area (TPSA) is 17.1 Å². The predicted molar refractivity (Wildman–Crippen MR) is 92.4 cm³/mol. The van der Waals surface area contributed by atoms with Crippen LogP contribution in [0.3, 0.4) is 0 Å². The van der Waals surface area contributed by atoms with E-state index in [0.29, 0.717) is 0 Å². The zero-order chi connectivity index (χ0) is 14.9. The van der Waals surface area contributed by atoms with E-state index in [-0.39, 0.29) is 5.78 Å². The fraction of sp³-hybridized carbons (Fsp3) is 0. The van der Waals surface area contributed by atoms with E-state index in [4.69, 9.17) is 0 Å². The molecule has 0 amide bonds. The third kappa shape index (κ3) is 2.29. The summed E-state index contributed by atoms with van der Waals surface area (Å²) >= 11 is -0.722. The first kappa shape index (κ1) is 13.8. The number of hydrogen-bond donors (Lipinski definition) is 0. The monoisotopic (exact) mass is 474 g/mol. The molecule has 1 aliphatic carbocycles. The van der Waals surface area contributed by atoms with Crippen molar-refractivity contribution >= 4 is 38.7 Å². The van der Waals surface area contributed by atoms with Crippen LogP contribution < -0.4 is 0 Å². The van der Waals surface area contributed by atoms with E-state index in [0.717, 1.165) is 27.8 Å². The fourth-order valence-electron chi connectivity index (χ4n) is 2.99. The molecular formula is C20H13OTl. The van der Waals surface area contributed by atoms with E-state index in [2.05, 4.69) is 25.4 Å². The van der Waals surface area contributed by atoms with E-state index < -0.39 is 23.7 Å². The Labute approximate surface area is 141 Å². The molecule has 0 N–H and O–H groups in total. The van der Waals surface area contributed by atoms with Crippen LogP contribution in [0.1, 0.15) is 27.0 Å². The van der Waals surface area contributed by atoms with Crippen molar-refractivity contribution < 1.29 is 4.79 Å². The maximum atomic E-state index is 12.7. The third-order valence-corrected chi connectivity index (χ3v) is 7.26. The molecule has 0 saturated carbocycles. The second-order valence-corrected chi connectivity index (χ2v) is 9.88. The molecule has 2 aromatic rings. The van der Waals surface area contributed by atoms with Crippen LogP contribution in [0.15, 0.2) is 76.0 Å². The van der Waals surface area contributed by atoms with Gasteiger partial charge in [-0.15, -0.1) is 0 Å². The van der Waals surface area contributed by atoms with Crippen LogP contribution in [-0.2, 0) is 0 Å². The van der Waals surface area contributed by atoms with Crippen LogP contribution in [0.5, 0.6) is 0 Å². The van der Waals surface area contributed by atoms with E-state index in [1.54, 1.807) is 0 Å². The number of carbonyl (C=O) groups is 1. The summed E-state index contributed by atoms with van der Waals surface area (Å²) in [7, 11) is 0. The molecule has 0 fully saturated rings. The summed E-state index contributed by atoms with van der Waals surface area (Å²) in [5.74, 6) is 0.124. The van der Waals surface area contributed by atoms with Gasteiger partial charge in [0.2, 0.25) is 0 Å². The average Bonchev–Trinajstić information content (AvgIpc) is 2.59. The maximum absolute atomic E-state index is 12.7. The number of fused-ring (bicyclic) bond motifs is 2. The zero-order valence-corrected chi connectivity index (χ0v) is 16.5. The molecule has 0 atom stereocenters. The van der Waals surface area contributed by atoms with Crippen LogP contribution in [0.25, 0.3) is 5.57 Å². The number of allylic oxidation sites excluding steroid dienone is 4. The van der Waals surface area contributed by atoms with Crippen molar-refractivity contribution in [2.75, 3.05) is 0 Å². The van der Waals surface area contributed by atoms with Crippen molar-refractivity contribution in [1.29, 1.82) is 0 Å². The Bertz CT molecular complexity index is 846. The first-order valence-electron chi connectivity index (χ1n) is 7.35. The quantitative estimate of drug-likeness (QED) is 0.494. The van der Waals surface area contributed by atoms with Gasteiger partial charge in [0.25, 0.3) is 0 Å². The normalized spacial score (nSPS) is 14.8. The van der Waals surface area contributed by atoms with E-state index in [1.165, 1.54) is 5.57 Å². The summed E-state index contributed by atoms with van der Waals surface area (Å²) in [5, 5.41) is 0. The second kappa shape index (κ2) is 5.72. The molecule has 2 heteroatoms. The molecule has 4 rings (SSSR count). The fourth-order valence-corrected chi connectivity index (χ4v) is 6.08. The van der Waals surface area contributed by atoms with Crippen molar-refractivity contribution in [3.63, 3.8) is 0 Å². The standard InChI is InChI=1S/C20H13O.Tl/c1-3-14(4-2)13-19-15-9-5-7-11-17(15)20(21)18-12-8-6-10-16(18)19;/h1-13H;. The molecule has 1 nitrogen and oxygen atoms in total. The van der Waals surface area contributed by atoms with Gasteiger partial charge in [0.15, 0.2) is 0 Å². The summed E-state index contributed by atoms with van der Waals surface area (Å²) in [5.41, 5.74) is 6.04. The van der Waals surface area contributed by atoms with Gasteiger partial charge >= 0.3 is 142 Å². The van der Waals surface area contributed by atoms with Crippen LogP contribution in [-0.4, -0.2) is 33.1 Å². The average molecular weight is 474 g/mol. The second-order valence-electron chi connectivity index (χ2n) is 5.39. The van der Waals surface area contributed by atoms with Crippen molar-refractivity contribution in [3.8, 4) is 0 Å². The van der Waals surface area contributed by atoms with Crippen molar-refractivity contribution in [1.82, 2.24) is 0 Å². The van der Waals surface area contributed by atoms with Crippen LogP contribution in [0, 0.1) is 0 Å². The molecule has 0 bridgehead atoms. The van der Waals surface area contributed by atoms with Gasteiger partial charge < -0.3 is 0 Å². The Kier molecular flexibility index (Phi) is 3.58. The third-order valence-electron chi connectivity index (χ3n) is 4.03. The van der Waals surface area contributed by atoms with Crippen LogP contribution in [0.4, 0.5) is 0 Å². The Morgan fingerprint density at radius 3 is 1.95 bits per heavy atom. The number of carbonyl (C=O) groups excluding carboxylic acids is 1. The van der Waals surface area contributed by atoms with Crippen LogP contribution >= 0.6 is 0 Å². The summed E-state index contributed by atoms with van der Waals surface area (Å²) in [6, 6.07) is 15.8. The Balaban J connectivity index is 1.99. The van der Waals surface area contributed by atoms with Crippen LogP contribution in [0.2, 0.25) is 0 Å². The van der Waals surface area contributed by atoms with Gasteiger partial charge in [0.05, 0.1) is 0 Å². The number of hydrogen-bond acceptors (Lipinski definition) is 1. The van der Waals surface area contributed by atoms with E-state index >= 15 is 0 Å². The molecule has 22 heavy (non-hydrogen) atoms. The van der Waals surface area contributed by atoms with Crippen molar-refractivity contribution in [3.05, 3.63) is 98.2 Å². The molecule has 1 aliphatic heterocycles. The SMILES string of the molecule is O=C1c2ccccc2C(=CC2=C[CH]=[Tl][CH]=C2)c2ccccc21. The summed E-state index contributed by atoms with van der Waals surface area (Å²) in [6.07, 6.45) is 6.66. The van der Waals surface area contributed by atoms with Gasteiger partial charge in [-0.1, -0.05) is 0 Å². The molecule has 0 unspecified atom stereocenters. The molecular weight excluding hydrogens is 461 g/mol. The first-order valence-corrected chi connectivity index (χ1v) is 12.5. The van der Waals surface area contributed by atoms with Gasteiger partial charge in [-0.05, 0) is 0 Å².